The molecule has 4 nitrogen and oxygen atoms in total. The number of carbonyl (C=O) groups excluding carboxylic acids is 1. The van der Waals surface area contributed by atoms with Crippen LogP contribution in [0.2, 0.25) is 5.04 Å². The largest absolute Gasteiger partial charge is 0.453 e. The number of hydrogen-bond donors (Lipinski definition) is 1. The summed E-state index contributed by atoms with van der Waals surface area (Å²) in [5, 5.41) is 13.2. The standard InChI is InChI=1S/C27H36O4Si/c1-21(14-13-19-30-23(3)28)26(29)22(2)20-31-32(27(4,5)6,24-15-9-7-10-16-24)25-17-11-8-12-18-25/h7-12,15-18,21-22,26,29H,19-20H2,1-6H3/t21-,22-,26-/m1/s1. The molecule has 0 heterocycles. The zero-order valence-corrected chi connectivity index (χ0v) is 21.1. The van der Waals surface area contributed by atoms with E-state index in [1.807, 2.05) is 26.0 Å². The SMILES string of the molecule is CC(=O)OCC#C[C@@H](C)[C@@H](O)[C@H](C)CO[Si](c1ccccc1)(c1ccccc1)C(C)(C)C. The van der Waals surface area contributed by atoms with E-state index in [9.17, 15) is 9.90 Å². The first-order valence-corrected chi connectivity index (χ1v) is 13.0. The summed E-state index contributed by atoms with van der Waals surface area (Å²) in [6.07, 6.45) is -0.655. The van der Waals surface area contributed by atoms with Crippen LogP contribution in [0.1, 0.15) is 41.5 Å². The van der Waals surface area contributed by atoms with Gasteiger partial charge in [-0.05, 0) is 22.3 Å². The van der Waals surface area contributed by atoms with Crippen LogP contribution < -0.4 is 10.4 Å². The summed E-state index contributed by atoms with van der Waals surface area (Å²) in [5.74, 6) is 5.06. The molecule has 3 atom stereocenters. The second kappa shape index (κ2) is 11.5. The van der Waals surface area contributed by atoms with Crippen molar-refractivity contribution in [2.45, 2.75) is 52.7 Å². The molecule has 0 amide bonds. The van der Waals surface area contributed by atoms with Crippen LogP contribution >= 0.6 is 0 Å². The molecule has 0 spiro atoms. The molecule has 0 unspecified atom stereocenters. The van der Waals surface area contributed by atoms with Gasteiger partial charge in [-0.15, -0.1) is 0 Å². The van der Waals surface area contributed by atoms with Crippen LogP contribution in [0.5, 0.6) is 0 Å². The minimum absolute atomic E-state index is 0.0410. The van der Waals surface area contributed by atoms with E-state index in [2.05, 4.69) is 81.1 Å². The predicted octanol–water partition coefficient (Wildman–Crippen LogP) is 3.76. The number of hydrogen-bond acceptors (Lipinski definition) is 4. The monoisotopic (exact) mass is 452 g/mol. The summed E-state index contributed by atoms with van der Waals surface area (Å²) in [7, 11) is -2.64. The lowest BCUT2D eigenvalue weighted by Crippen LogP contribution is -2.67. The maximum atomic E-state index is 10.9. The fourth-order valence-electron chi connectivity index (χ4n) is 4.04. The highest BCUT2D eigenvalue weighted by Gasteiger charge is 2.50. The molecule has 2 aromatic rings. The Morgan fingerprint density at radius 3 is 1.94 bits per heavy atom. The first-order valence-electron chi connectivity index (χ1n) is 11.1. The van der Waals surface area contributed by atoms with Crippen LogP contribution in [0.3, 0.4) is 0 Å². The number of rotatable bonds is 8. The van der Waals surface area contributed by atoms with Gasteiger partial charge in [0, 0.05) is 25.4 Å². The van der Waals surface area contributed by atoms with Crippen molar-refractivity contribution in [1.82, 2.24) is 0 Å². The fourth-order valence-corrected chi connectivity index (χ4v) is 8.70. The van der Waals surface area contributed by atoms with Gasteiger partial charge in [-0.3, -0.25) is 4.79 Å². The number of esters is 1. The summed E-state index contributed by atoms with van der Waals surface area (Å²) < 4.78 is 11.8. The first kappa shape index (κ1) is 25.9. The van der Waals surface area contributed by atoms with E-state index in [0.717, 1.165) is 0 Å². The summed E-state index contributed by atoms with van der Waals surface area (Å²) in [5.41, 5.74) is 0. The lowest BCUT2D eigenvalue weighted by molar-refractivity contribution is -0.139. The van der Waals surface area contributed by atoms with Crippen LogP contribution in [-0.4, -0.2) is 38.7 Å². The Kier molecular flexibility index (Phi) is 9.27. The summed E-state index contributed by atoms with van der Waals surface area (Å²) in [4.78, 5) is 10.9. The maximum absolute atomic E-state index is 10.9. The first-order chi connectivity index (χ1) is 15.1. The van der Waals surface area contributed by atoms with Gasteiger partial charge in [0.25, 0.3) is 8.32 Å². The normalized spacial score (nSPS) is 14.6. The van der Waals surface area contributed by atoms with Gasteiger partial charge in [-0.25, -0.2) is 0 Å². The molecule has 0 aromatic heterocycles. The van der Waals surface area contributed by atoms with Gasteiger partial charge >= 0.3 is 5.97 Å². The van der Waals surface area contributed by atoms with Crippen LogP contribution in [0.25, 0.3) is 0 Å². The average Bonchev–Trinajstić information content (AvgIpc) is 2.76. The Morgan fingerprint density at radius 1 is 1.00 bits per heavy atom. The molecule has 0 aliphatic heterocycles. The van der Waals surface area contributed by atoms with E-state index in [-0.39, 0.29) is 29.5 Å². The summed E-state index contributed by atoms with van der Waals surface area (Å²) in [6, 6.07) is 21.0. The summed E-state index contributed by atoms with van der Waals surface area (Å²) in [6.45, 7) is 12.4. The van der Waals surface area contributed by atoms with Crippen LogP contribution in [0, 0.1) is 23.7 Å². The van der Waals surface area contributed by atoms with Crippen molar-refractivity contribution in [3.05, 3.63) is 60.7 Å². The van der Waals surface area contributed by atoms with Gasteiger partial charge in [0.15, 0.2) is 6.61 Å². The maximum Gasteiger partial charge on any atom is 0.303 e. The van der Waals surface area contributed by atoms with Crippen LogP contribution in [0.15, 0.2) is 60.7 Å². The van der Waals surface area contributed by atoms with Gasteiger partial charge in [-0.2, -0.15) is 0 Å². The van der Waals surface area contributed by atoms with E-state index in [1.54, 1.807) is 0 Å². The van der Waals surface area contributed by atoms with E-state index in [4.69, 9.17) is 9.16 Å². The molecule has 0 aliphatic rings. The molecule has 0 saturated carbocycles. The molecule has 0 radical (unpaired) electrons. The zero-order valence-electron chi connectivity index (χ0n) is 20.1. The molecule has 0 aliphatic carbocycles. The molecule has 0 bridgehead atoms. The molecular weight excluding hydrogens is 416 g/mol. The molecule has 0 saturated heterocycles. The Morgan fingerprint density at radius 2 is 1.50 bits per heavy atom. The highest BCUT2D eigenvalue weighted by Crippen LogP contribution is 2.37. The number of ether oxygens (including phenoxy) is 1. The number of aliphatic hydroxyl groups excluding tert-OH is 1. The number of carbonyl (C=O) groups is 1. The third kappa shape index (κ3) is 6.32. The van der Waals surface area contributed by atoms with Crippen LogP contribution in [0.4, 0.5) is 0 Å². The van der Waals surface area contributed by atoms with E-state index in [0.29, 0.717) is 6.61 Å². The second-order valence-corrected chi connectivity index (χ2v) is 13.6. The van der Waals surface area contributed by atoms with Crippen molar-refractivity contribution in [2.24, 2.45) is 11.8 Å². The van der Waals surface area contributed by atoms with Crippen molar-refractivity contribution in [1.29, 1.82) is 0 Å². The van der Waals surface area contributed by atoms with Crippen molar-refractivity contribution in [3.63, 3.8) is 0 Å². The molecule has 172 valence electrons. The topological polar surface area (TPSA) is 55.8 Å². The van der Waals surface area contributed by atoms with Crippen molar-refractivity contribution in [2.75, 3.05) is 13.2 Å². The van der Waals surface area contributed by atoms with E-state index < -0.39 is 14.4 Å². The lowest BCUT2D eigenvalue weighted by atomic mass is 9.94. The van der Waals surface area contributed by atoms with Crippen LogP contribution in [-0.2, 0) is 14.0 Å². The fraction of sp³-hybridized carbons (Fsp3) is 0.444. The van der Waals surface area contributed by atoms with Crippen molar-refractivity contribution < 1.29 is 19.1 Å². The molecule has 1 N–H and O–H groups in total. The Bertz CT molecular complexity index is 870. The molecule has 2 rings (SSSR count). The summed E-state index contributed by atoms with van der Waals surface area (Å²) >= 11 is 0. The second-order valence-electron chi connectivity index (χ2n) is 9.33. The lowest BCUT2D eigenvalue weighted by Gasteiger charge is -2.44. The third-order valence-corrected chi connectivity index (χ3v) is 10.8. The molecule has 5 heteroatoms. The molecule has 32 heavy (non-hydrogen) atoms. The van der Waals surface area contributed by atoms with Gasteiger partial charge in [0.2, 0.25) is 0 Å². The predicted molar refractivity (Wildman–Crippen MR) is 132 cm³/mol. The Balaban J connectivity index is 2.28. The highest BCUT2D eigenvalue weighted by atomic mass is 28.4. The Labute approximate surface area is 194 Å². The van der Waals surface area contributed by atoms with Crippen molar-refractivity contribution >= 4 is 24.7 Å². The molecule has 0 fully saturated rings. The van der Waals surface area contributed by atoms with Crippen molar-refractivity contribution in [3.8, 4) is 11.8 Å². The quantitative estimate of drug-likeness (QED) is 0.376. The van der Waals surface area contributed by atoms with E-state index in [1.165, 1.54) is 17.3 Å². The third-order valence-electron chi connectivity index (χ3n) is 5.75. The Hall–Kier alpha value is -2.39. The zero-order chi connectivity index (χ0) is 23.8. The number of aliphatic hydroxyl groups is 1. The van der Waals surface area contributed by atoms with Gasteiger partial charge in [0.05, 0.1) is 6.10 Å². The molecular formula is C27H36O4Si. The smallest absolute Gasteiger partial charge is 0.303 e. The minimum Gasteiger partial charge on any atom is -0.453 e. The van der Waals surface area contributed by atoms with Gasteiger partial charge in [-0.1, -0.05) is 100 Å². The van der Waals surface area contributed by atoms with E-state index >= 15 is 0 Å². The number of benzene rings is 2. The van der Waals surface area contributed by atoms with Gasteiger partial charge in [0.1, 0.15) is 0 Å². The highest BCUT2D eigenvalue weighted by molar-refractivity contribution is 6.99. The van der Waals surface area contributed by atoms with Gasteiger partial charge < -0.3 is 14.3 Å². The average molecular weight is 453 g/mol. The minimum atomic E-state index is -2.64. The molecule has 2 aromatic carbocycles.